The SMILES string of the molecule is CCc1cc(CC)c(-c2ccc(C=O)cc2C)c(CC)c1. The summed E-state index contributed by atoms with van der Waals surface area (Å²) >= 11 is 0. The maximum Gasteiger partial charge on any atom is 0.150 e. The van der Waals surface area contributed by atoms with Crippen molar-refractivity contribution in [2.45, 2.75) is 47.0 Å². The maximum atomic E-state index is 10.9. The van der Waals surface area contributed by atoms with Crippen LogP contribution in [0.5, 0.6) is 0 Å². The van der Waals surface area contributed by atoms with E-state index in [1.54, 1.807) is 0 Å². The second kappa shape index (κ2) is 6.71. The fourth-order valence-electron chi connectivity index (χ4n) is 2.99. The van der Waals surface area contributed by atoms with Crippen molar-refractivity contribution >= 4 is 6.29 Å². The van der Waals surface area contributed by atoms with Crippen LogP contribution in [0.1, 0.15) is 53.4 Å². The zero-order valence-electron chi connectivity index (χ0n) is 13.5. The molecule has 110 valence electrons. The summed E-state index contributed by atoms with van der Waals surface area (Å²) in [4.78, 5) is 10.9. The summed E-state index contributed by atoms with van der Waals surface area (Å²) in [6.45, 7) is 8.73. The number of aryl methyl sites for hydroxylation is 4. The topological polar surface area (TPSA) is 17.1 Å². The molecule has 0 aliphatic carbocycles. The fourth-order valence-corrected chi connectivity index (χ4v) is 2.99. The Hall–Kier alpha value is -1.89. The van der Waals surface area contributed by atoms with E-state index in [0.29, 0.717) is 0 Å². The molecule has 0 saturated heterocycles. The van der Waals surface area contributed by atoms with E-state index in [0.717, 1.165) is 31.1 Å². The van der Waals surface area contributed by atoms with E-state index in [4.69, 9.17) is 0 Å². The molecular formula is C20H24O. The average molecular weight is 280 g/mol. The minimum absolute atomic E-state index is 0.748. The molecule has 0 aliphatic heterocycles. The Bertz CT molecular complexity index is 628. The Morgan fingerprint density at radius 3 is 1.95 bits per heavy atom. The molecule has 0 heterocycles. The molecule has 1 nitrogen and oxygen atoms in total. The smallest absolute Gasteiger partial charge is 0.150 e. The van der Waals surface area contributed by atoms with Gasteiger partial charge in [0.1, 0.15) is 6.29 Å². The van der Waals surface area contributed by atoms with Crippen LogP contribution in [-0.2, 0) is 19.3 Å². The highest BCUT2D eigenvalue weighted by molar-refractivity contribution is 5.80. The highest BCUT2D eigenvalue weighted by atomic mass is 16.1. The molecule has 0 amide bonds. The van der Waals surface area contributed by atoms with Gasteiger partial charge in [0.15, 0.2) is 0 Å². The predicted molar refractivity (Wildman–Crippen MR) is 90.1 cm³/mol. The van der Waals surface area contributed by atoms with Crippen molar-refractivity contribution in [3.63, 3.8) is 0 Å². The fraction of sp³-hybridized carbons (Fsp3) is 0.350. The standard InChI is InChI=1S/C20H24O/c1-5-15-11-17(6-2)20(18(7-3)12-15)19-9-8-16(13-21)10-14(19)4/h8-13H,5-7H2,1-4H3. The van der Waals surface area contributed by atoms with Gasteiger partial charge in [-0.3, -0.25) is 4.79 Å². The van der Waals surface area contributed by atoms with Crippen LogP contribution in [0, 0.1) is 6.92 Å². The summed E-state index contributed by atoms with van der Waals surface area (Å²) in [6.07, 6.45) is 4.05. The highest BCUT2D eigenvalue weighted by Crippen LogP contribution is 2.33. The lowest BCUT2D eigenvalue weighted by Gasteiger charge is -2.18. The second-order valence-corrected chi connectivity index (χ2v) is 5.54. The molecule has 0 aromatic heterocycles. The minimum atomic E-state index is 0.748. The van der Waals surface area contributed by atoms with Crippen LogP contribution >= 0.6 is 0 Å². The van der Waals surface area contributed by atoms with Crippen LogP contribution in [0.2, 0.25) is 0 Å². The lowest BCUT2D eigenvalue weighted by Crippen LogP contribution is -1.99. The molecule has 0 spiro atoms. The third kappa shape index (κ3) is 3.07. The van der Waals surface area contributed by atoms with Gasteiger partial charge in [-0.05, 0) is 65.6 Å². The number of benzene rings is 2. The number of hydrogen-bond donors (Lipinski definition) is 0. The van der Waals surface area contributed by atoms with Gasteiger partial charge in [-0.25, -0.2) is 0 Å². The van der Waals surface area contributed by atoms with Gasteiger partial charge in [-0.2, -0.15) is 0 Å². The van der Waals surface area contributed by atoms with Crippen molar-refractivity contribution in [3.05, 3.63) is 58.1 Å². The van der Waals surface area contributed by atoms with E-state index >= 15 is 0 Å². The number of carbonyl (C=O) groups excluding carboxylic acids is 1. The van der Waals surface area contributed by atoms with Crippen molar-refractivity contribution in [2.75, 3.05) is 0 Å². The largest absolute Gasteiger partial charge is 0.298 e. The zero-order valence-corrected chi connectivity index (χ0v) is 13.5. The van der Waals surface area contributed by atoms with Crippen molar-refractivity contribution in [1.82, 2.24) is 0 Å². The van der Waals surface area contributed by atoms with Gasteiger partial charge in [0.25, 0.3) is 0 Å². The summed E-state index contributed by atoms with van der Waals surface area (Å²) in [5.74, 6) is 0. The molecule has 2 aromatic rings. The van der Waals surface area contributed by atoms with E-state index in [1.807, 2.05) is 12.1 Å². The van der Waals surface area contributed by atoms with Crippen molar-refractivity contribution in [1.29, 1.82) is 0 Å². The summed E-state index contributed by atoms with van der Waals surface area (Å²) in [5.41, 5.74) is 8.78. The summed E-state index contributed by atoms with van der Waals surface area (Å²) in [5, 5.41) is 0. The Morgan fingerprint density at radius 2 is 1.52 bits per heavy atom. The molecule has 2 rings (SSSR count). The van der Waals surface area contributed by atoms with Gasteiger partial charge in [-0.15, -0.1) is 0 Å². The van der Waals surface area contributed by atoms with E-state index in [2.05, 4.69) is 45.9 Å². The van der Waals surface area contributed by atoms with Crippen LogP contribution < -0.4 is 0 Å². The van der Waals surface area contributed by atoms with Crippen LogP contribution in [0.3, 0.4) is 0 Å². The first-order chi connectivity index (χ1) is 10.1. The zero-order chi connectivity index (χ0) is 15.4. The summed E-state index contributed by atoms with van der Waals surface area (Å²) in [7, 11) is 0. The predicted octanol–water partition coefficient (Wildman–Crippen LogP) is 5.16. The first kappa shape index (κ1) is 15.5. The summed E-state index contributed by atoms with van der Waals surface area (Å²) < 4.78 is 0. The number of aldehydes is 1. The molecule has 0 aliphatic rings. The third-order valence-electron chi connectivity index (χ3n) is 4.19. The monoisotopic (exact) mass is 280 g/mol. The lowest BCUT2D eigenvalue weighted by atomic mass is 9.87. The molecule has 0 bridgehead atoms. The molecule has 21 heavy (non-hydrogen) atoms. The quantitative estimate of drug-likeness (QED) is 0.691. The van der Waals surface area contributed by atoms with Crippen molar-refractivity contribution in [2.24, 2.45) is 0 Å². The molecule has 0 radical (unpaired) electrons. The van der Waals surface area contributed by atoms with Crippen LogP contribution in [-0.4, -0.2) is 6.29 Å². The molecule has 0 N–H and O–H groups in total. The van der Waals surface area contributed by atoms with Gasteiger partial charge in [0.2, 0.25) is 0 Å². The normalized spacial score (nSPS) is 10.7. The Morgan fingerprint density at radius 1 is 0.905 bits per heavy atom. The molecule has 0 unspecified atom stereocenters. The van der Waals surface area contributed by atoms with Crippen LogP contribution in [0.25, 0.3) is 11.1 Å². The number of hydrogen-bond acceptors (Lipinski definition) is 1. The lowest BCUT2D eigenvalue weighted by molar-refractivity contribution is 0.112. The molecule has 1 heteroatoms. The van der Waals surface area contributed by atoms with Crippen molar-refractivity contribution in [3.8, 4) is 11.1 Å². The molecular weight excluding hydrogens is 256 g/mol. The first-order valence-corrected chi connectivity index (χ1v) is 7.85. The Kier molecular flexibility index (Phi) is 4.95. The van der Waals surface area contributed by atoms with Gasteiger partial charge >= 0.3 is 0 Å². The molecule has 0 fully saturated rings. The van der Waals surface area contributed by atoms with Crippen molar-refractivity contribution < 1.29 is 4.79 Å². The van der Waals surface area contributed by atoms with Gasteiger partial charge in [0, 0.05) is 5.56 Å². The van der Waals surface area contributed by atoms with E-state index < -0.39 is 0 Å². The molecule has 0 atom stereocenters. The maximum absolute atomic E-state index is 10.9. The average Bonchev–Trinajstić information content (AvgIpc) is 2.53. The van der Waals surface area contributed by atoms with Crippen LogP contribution in [0.4, 0.5) is 0 Å². The third-order valence-corrected chi connectivity index (χ3v) is 4.19. The Balaban J connectivity index is 2.69. The van der Waals surface area contributed by atoms with Gasteiger partial charge in [0.05, 0.1) is 0 Å². The first-order valence-electron chi connectivity index (χ1n) is 7.85. The van der Waals surface area contributed by atoms with E-state index in [1.165, 1.54) is 33.4 Å². The number of rotatable bonds is 5. The minimum Gasteiger partial charge on any atom is -0.298 e. The molecule has 0 saturated carbocycles. The highest BCUT2D eigenvalue weighted by Gasteiger charge is 2.13. The van der Waals surface area contributed by atoms with E-state index in [-0.39, 0.29) is 0 Å². The number of carbonyl (C=O) groups is 1. The van der Waals surface area contributed by atoms with E-state index in [9.17, 15) is 4.79 Å². The summed E-state index contributed by atoms with van der Waals surface area (Å²) in [6, 6.07) is 10.7. The Labute approximate surface area is 128 Å². The second-order valence-electron chi connectivity index (χ2n) is 5.54. The van der Waals surface area contributed by atoms with Gasteiger partial charge in [-0.1, -0.05) is 45.0 Å². The molecule has 2 aromatic carbocycles. The van der Waals surface area contributed by atoms with Gasteiger partial charge < -0.3 is 0 Å². The van der Waals surface area contributed by atoms with Crippen LogP contribution in [0.15, 0.2) is 30.3 Å².